The number of nitrogens with one attached hydrogen (secondary N) is 1. The van der Waals surface area contributed by atoms with Crippen LogP contribution >= 0.6 is 0 Å². The summed E-state index contributed by atoms with van der Waals surface area (Å²) in [4.78, 5) is 11.5. The Morgan fingerprint density at radius 3 is 2.37 bits per heavy atom. The number of rotatable bonds is 2. The van der Waals surface area contributed by atoms with E-state index in [0.717, 1.165) is 36.8 Å². The van der Waals surface area contributed by atoms with Gasteiger partial charge < -0.3 is 21.3 Å². The number of carbonyl (C=O) groups excluding carboxylic acids is 1. The first kappa shape index (κ1) is 24.5. The molecule has 0 saturated heterocycles. The van der Waals surface area contributed by atoms with Gasteiger partial charge in [-0.2, -0.15) is 0 Å². The molecule has 7 atom stereocenters. The van der Waals surface area contributed by atoms with Crippen molar-refractivity contribution >= 4 is 12.1 Å². The number of primary amides is 1. The molecule has 0 aromatic heterocycles. The number of fused-ring (bicyclic) bond motifs is 7. The number of nitrogens with two attached hydrogens (primary N) is 1. The summed E-state index contributed by atoms with van der Waals surface area (Å²) in [6.45, 7) is 14.9. The first-order chi connectivity index (χ1) is 16.2. The molecule has 192 valence electrons. The Bertz CT molecular complexity index is 1110. The molecule has 5 rings (SSSR count). The molecule has 0 spiro atoms. The molecule has 0 heterocycles. The lowest BCUT2D eigenvalue weighted by molar-refractivity contribution is -0.198. The maximum absolute atomic E-state index is 11.5. The van der Waals surface area contributed by atoms with Crippen molar-refractivity contribution in [3.05, 3.63) is 28.8 Å². The first-order valence-corrected chi connectivity index (χ1v) is 13.5. The summed E-state index contributed by atoms with van der Waals surface area (Å²) in [5, 5.41) is 23.8. The number of urea groups is 1. The summed E-state index contributed by atoms with van der Waals surface area (Å²) < 4.78 is 0. The lowest BCUT2D eigenvalue weighted by atomic mass is 9.33. The summed E-state index contributed by atoms with van der Waals surface area (Å²) in [6.07, 6.45) is 12.7. The van der Waals surface area contributed by atoms with Crippen molar-refractivity contribution in [2.45, 2.75) is 91.9 Å². The fourth-order valence-electron chi connectivity index (χ4n) is 9.35. The Kier molecular flexibility index (Phi) is 5.20. The van der Waals surface area contributed by atoms with Gasteiger partial charge >= 0.3 is 6.03 Å². The fraction of sp³-hybridized carbons (Fsp3) is 0.700. The Morgan fingerprint density at radius 2 is 1.69 bits per heavy atom. The second kappa shape index (κ2) is 7.43. The third-order valence-corrected chi connectivity index (χ3v) is 12.0. The fourth-order valence-corrected chi connectivity index (χ4v) is 9.35. The topological polar surface area (TPSA) is 95.6 Å². The van der Waals surface area contributed by atoms with E-state index in [1.54, 1.807) is 0 Å². The molecule has 5 heteroatoms. The zero-order valence-electron chi connectivity index (χ0n) is 22.4. The van der Waals surface area contributed by atoms with Crippen LogP contribution in [0.1, 0.15) is 96.3 Å². The van der Waals surface area contributed by atoms with Crippen molar-refractivity contribution in [3.63, 3.8) is 0 Å². The van der Waals surface area contributed by atoms with Crippen molar-refractivity contribution in [2.24, 2.45) is 39.2 Å². The summed E-state index contributed by atoms with van der Waals surface area (Å²) in [7, 11) is 0. The van der Waals surface area contributed by atoms with Crippen LogP contribution in [-0.2, 0) is 5.41 Å². The van der Waals surface area contributed by atoms with Gasteiger partial charge in [0.05, 0.1) is 0 Å². The van der Waals surface area contributed by atoms with Crippen molar-refractivity contribution < 1.29 is 15.0 Å². The molecule has 4 aliphatic rings. The number of benzene rings is 1. The van der Waals surface area contributed by atoms with Gasteiger partial charge in [0.1, 0.15) is 0 Å². The molecule has 0 radical (unpaired) electrons. The average Bonchev–Trinajstić information content (AvgIpc) is 2.80. The van der Waals surface area contributed by atoms with Crippen LogP contribution in [0.15, 0.2) is 12.1 Å². The number of carbonyl (C=O) groups is 1. The van der Waals surface area contributed by atoms with Crippen LogP contribution in [0.25, 0.3) is 6.08 Å². The molecule has 5 nitrogen and oxygen atoms in total. The van der Waals surface area contributed by atoms with Crippen LogP contribution in [0.3, 0.4) is 0 Å². The quantitative estimate of drug-likeness (QED) is 0.369. The van der Waals surface area contributed by atoms with E-state index in [1.807, 2.05) is 13.0 Å². The number of phenols is 2. The van der Waals surface area contributed by atoms with Gasteiger partial charge in [-0.15, -0.1) is 0 Å². The minimum Gasteiger partial charge on any atom is -0.504 e. The smallest absolute Gasteiger partial charge is 0.312 e. The van der Waals surface area contributed by atoms with Gasteiger partial charge in [-0.1, -0.05) is 46.8 Å². The molecule has 35 heavy (non-hydrogen) atoms. The number of phenolic OH excluding ortho intramolecular Hbond substituents is 2. The van der Waals surface area contributed by atoms with Crippen molar-refractivity contribution in [1.29, 1.82) is 0 Å². The second-order valence-corrected chi connectivity index (χ2v) is 13.9. The number of hydrogen-bond donors (Lipinski definition) is 4. The van der Waals surface area contributed by atoms with E-state index in [1.165, 1.54) is 24.8 Å². The molecular weight excluding hydrogens is 436 g/mol. The van der Waals surface area contributed by atoms with E-state index in [2.05, 4.69) is 52.1 Å². The molecule has 3 saturated carbocycles. The van der Waals surface area contributed by atoms with Gasteiger partial charge in [-0.3, -0.25) is 0 Å². The predicted octanol–water partition coefficient (Wildman–Crippen LogP) is 6.39. The summed E-state index contributed by atoms with van der Waals surface area (Å²) >= 11 is 0. The highest BCUT2D eigenvalue weighted by Crippen LogP contribution is 2.75. The molecule has 3 fully saturated rings. The zero-order valence-corrected chi connectivity index (χ0v) is 22.4. The van der Waals surface area contributed by atoms with Crippen LogP contribution in [-0.4, -0.2) is 22.8 Å². The van der Waals surface area contributed by atoms with Crippen molar-refractivity contribution in [1.82, 2.24) is 5.32 Å². The average molecular weight is 481 g/mol. The Hall–Kier alpha value is -2.17. The highest BCUT2D eigenvalue weighted by Gasteiger charge is 2.67. The molecule has 5 N–H and O–H groups in total. The number of hydrogen-bond acceptors (Lipinski definition) is 3. The molecule has 1 aromatic carbocycles. The second-order valence-electron chi connectivity index (χ2n) is 13.9. The maximum atomic E-state index is 11.5. The van der Waals surface area contributed by atoms with Crippen molar-refractivity contribution in [2.75, 3.05) is 6.54 Å². The number of amides is 2. The van der Waals surface area contributed by atoms with E-state index in [0.29, 0.717) is 23.8 Å². The summed E-state index contributed by atoms with van der Waals surface area (Å²) in [6, 6.07) is 1.41. The van der Waals surface area contributed by atoms with Gasteiger partial charge in [0.25, 0.3) is 0 Å². The molecule has 2 amide bonds. The predicted molar refractivity (Wildman–Crippen MR) is 140 cm³/mol. The van der Waals surface area contributed by atoms with Crippen LogP contribution < -0.4 is 11.1 Å². The van der Waals surface area contributed by atoms with Gasteiger partial charge in [-0.25, -0.2) is 4.79 Å². The Morgan fingerprint density at radius 1 is 1.03 bits per heavy atom. The molecule has 1 unspecified atom stereocenters. The van der Waals surface area contributed by atoms with Crippen molar-refractivity contribution in [3.8, 4) is 11.5 Å². The molecule has 0 bridgehead atoms. The molecule has 0 aliphatic heterocycles. The van der Waals surface area contributed by atoms with Crippen LogP contribution in [0, 0.1) is 40.4 Å². The monoisotopic (exact) mass is 480 g/mol. The number of allylic oxidation sites excluding steroid dienone is 1. The minimum absolute atomic E-state index is 0.00167. The van der Waals surface area contributed by atoms with E-state index in [9.17, 15) is 15.0 Å². The van der Waals surface area contributed by atoms with E-state index < -0.39 is 6.03 Å². The first-order valence-electron chi connectivity index (χ1n) is 13.5. The van der Waals surface area contributed by atoms with Crippen LogP contribution in [0.2, 0.25) is 0 Å². The summed E-state index contributed by atoms with van der Waals surface area (Å²) in [5.74, 6) is 0.945. The number of aromatic hydroxyl groups is 2. The van der Waals surface area contributed by atoms with Gasteiger partial charge in [-0.05, 0) is 103 Å². The third kappa shape index (κ3) is 3.22. The van der Waals surface area contributed by atoms with E-state index in [-0.39, 0.29) is 33.2 Å². The van der Waals surface area contributed by atoms with Crippen LogP contribution in [0.4, 0.5) is 4.79 Å². The Labute approximate surface area is 210 Å². The van der Waals surface area contributed by atoms with Gasteiger partial charge in [0.15, 0.2) is 11.5 Å². The third-order valence-electron chi connectivity index (χ3n) is 12.0. The van der Waals surface area contributed by atoms with Crippen LogP contribution in [0.5, 0.6) is 11.5 Å². The zero-order chi connectivity index (χ0) is 25.6. The lowest BCUT2D eigenvalue weighted by Crippen LogP contribution is -2.65. The van der Waals surface area contributed by atoms with E-state index >= 15 is 0 Å². The molecular formula is C30H44N2O3. The lowest BCUT2D eigenvalue weighted by Gasteiger charge is -2.71. The van der Waals surface area contributed by atoms with Gasteiger partial charge in [0, 0.05) is 17.5 Å². The minimum atomic E-state index is -0.428. The largest absolute Gasteiger partial charge is 0.504 e. The standard InChI is InChI=1S/C30H44N2O3/c1-18-19-7-8-22-28(4,20(19)15-21(33)24(18)34)12-14-30(6)23-16-26(2,17-32-25(31)35)9-10-27(23,3)11-13-29(22,30)5/h7-8,15,22-23,33-34H,9-14,16-17H2,1-6H3,(H3,31,32,35)/t22?,23-,26-,27-,28+,29-,30+/m1/s1. The van der Waals surface area contributed by atoms with E-state index in [4.69, 9.17) is 5.73 Å². The SMILES string of the molecule is Cc1c(O)c(O)cc2c1C=CC1[C@@]2(C)CC[C@@]2(C)[C@@H]3C[C@](C)(CNC(N)=O)CC[C@]3(C)CC[C@]12C. The van der Waals surface area contributed by atoms with Gasteiger partial charge in [0.2, 0.25) is 0 Å². The maximum Gasteiger partial charge on any atom is 0.312 e. The summed E-state index contributed by atoms with van der Waals surface area (Å²) in [5.41, 5.74) is 9.10. The highest BCUT2D eigenvalue weighted by atomic mass is 16.3. The molecule has 1 aromatic rings. The normalized spacial score (nSPS) is 43.9. The highest BCUT2D eigenvalue weighted by molar-refractivity contribution is 5.71. The Balaban J connectivity index is 1.56. The molecule has 4 aliphatic carbocycles.